The minimum atomic E-state index is -0.733. The zero-order valence-corrected chi connectivity index (χ0v) is 14.5. The zero-order chi connectivity index (χ0) is 18.3. The molecule has 3 aromatic heterocycles. The fraction of sp³-hybridized carbons (Fsp3) is 0.0588. The van der Waals surface area contributed by atoms with Crippen molar-refractivity contribution in [3.63, 3.8) is 0 Å². The monoisotopic (exact) mass is 391 g/mol. The molecule has 0 bridgehead atoms. The molecule has 0 saturated heterocycles. The highest BCUT2D eigenvalue weighted by molar-refractivity contribution is 6.30. The number of fused-ring (bicyclic) bond motifs is 1. The van der Waals surface area contributed by atoms with Crippen LogP contribution in [0.2, 0.25) is 10.3 Å². The van der Waals surface area contributed by atoms with Gasteiger partial charge in [-0.3, -0.25) is 4.40 Å². The second kappa shape index (κ2) is 6.59. The Balaban J connectivity index is 1.89. The van der Waals surface area contributed by atoms with Crippen LogP contribution in [0.5, 0.6) is 0 Å². The fourth-order valence-corrected chi connectivity index (χ4v) is 2.85. The van der Waals surface area contributed by atoms with E-state index < -0.39 is 5.82 Å². The van der Waals surface area contributed by atoms with Gasteiger partial charge in [0.15, 0.2) is 22.4 Å². The van der Waals surface area contributed by atoms with Crippen molar-refractivity contribution in [3.8, 4) is 11.5 Å². The minimum Gasteiger partial charge on any atom is -0.287 e. The third-order valence-electron chi connectivity index (χ3n) is 3.76. The van der Waals surface area contributed by atoms with Gasteiger partial charge in [-0.25, -0.2) is 28.7 Å². The quantitative estimate of drug-likeness (QED) is 0.486. The average Bonchev–Trinajstić information content (AvgIpc) is 3.01. The Morgan fingerprint density at radius 3 is 2.54 bits per heavy atom. The number of nitrogens with zero attached hydrogens (tertiary/aromatic N) is 5. The molecule has 26 heavy (non-hydrogen) atoms. The summed E-state index contributed by atoms with van der Waals surface area (Å²) in [7, 11) is 0. The maximum Gasteiger partial charge on any atom is 0.181 e. The molecule has 0 aliphatic heterocycles. The Kier molecular flexibility index (Phi) is 4.26. The molecule has 130 valence electrons. The van der Waals surface area contributed by atoms with E-state index in [-0.39, 0.29) is 23.2 Å². The molecule has 0 unspecified atom stereocenters. The number of imidazole rings is 1. The Morgan fingerprint density at radius 2 is 1.77 bits per heavy atom. The molecule has 0 saturated carbocycles. The molecule has 0 fully saturated rings. The van der Waals surface area contributed by atoms with Crippen molar-refractivity contribution in [1.29, 1.82) is 0 Å². The molecule has 1 aromatic carbocycles. The number of aromatic nitrogens is 5. The van der Waals surface area contributed by atoms with Crippen molar-refractivity contribution in [1.82, 2.24) is 24.3 Å². The lowest BCUT2D eigenvalue weighted by Gasteiger charge is -2.08. The van der Waals surface area contributed by atoms with E-state index in [1.165, 1.54) is 12.3 Å². The molecule has 0 aliphatic rings. The molecule has 5 nitrogen and oxygen atoms in total. The third kappa shape index (κ3) is 3.00. The van der Waals surface area contributed by atoms with Crippen LogP contribution in [0, 0.1) is 11.6 Å². The number of rotatable bonds is 3. The number of halogens is 4. The van der Waals surface area contributed by atoms with E-state index in [0.29, 0.717) is 27.8 Å². The van der Waals surface area contributed by atoms with Crippen LogP contribution in [-0.2, 0) is 6.42 Å². The van der Waals surface area contributed by atoms with E-state index in [9.17, 15) is 8.78 Å². The molecular weight excluding hydrogens is 383 g/mol. The maximum absolute atomic E-state index is 14.0. The maximum atomic E-state index is 14.0. The van der Waals surface area contributed by atoms with E-state index in [1.54, 1.807) is 28.8 Å². The fourth-order valence-electron chi connectivity index (χ4n) is 2.54. The first-order valence-corrected chi connectivity index (χ1v) is 8.23. The van der Waals surface area contributed by atoms with Crippen molar-refractivity contribution in [2.75, 3.05) is 0 Å². The number of benzene rings is 1. The van der Waals surface area contributed by atoms with Gasteiger partial charge in [-0.2, -0.15) is 0 Å². The Bertz CT molecular complexity index is 1130. The van der Waals surface area contributed by atoms with Gasteiger partial charge >= 0.3 is 0 Å². The van der Waals surface area contributed by atoms with Crippen LogP contribution >= 0.6 is 23.2 Å². The highest BCUT2D eigenvalue weighted by Crippen LogP contribution is 2.23. The predicted octanol–water partition coefficient (Wildman–Crippen LogP) is 4.36. The average molecular weight is 392 g/mol. The molecule has 0 atom stereocenters. The van der Waals surface area contributed by atoms with E-state index in [1.807, 2.05) is 0 Å². The first-order valence-electron chi connectivity index (χ1n) is 7.47. The van der Waals surface area contributed by atoms with Crippen LogP contribution in [0.15, 0.2) is 42.9 Å². The van der Waals surface area contributed by atoms with Gasteiger partial charge in [0.05, 0.1) is 18.1 Å². The second-order valence-corrected chi connectivity index (χ2v) is 6.19. The van der Waals surface area contributed by atoms with Crippen molar-refractivity contribution in [2.24, 2.45) is 0 Å². The number of hydrogen-bond acceptors (Lipinski definition) is 4. The Morgan fingerprint density at radius 1 is 0.962 bits per heavy atom. The van der Waals surface area contributed by atoms with Gasteiger partial charge in [-0.1, -0.05) is 41.4 Å². The molecule has 0 N–H and O–H groups in total. The summed E-state index contributed by atoms with van der Waals surface area (Å²) in [6, 6.07) is 6.38. The van der Waals surface area contributed by atoms with Crippen LogP contribution < -0.4 is 0 Å². The lowest BCUT2D eigenvalue weighted by molar-refractivity contribution is 0.612. The summed E-state index contributed by atoms with van der Waals surface area (Å²) in [5, 5.41) is 0.0240. The standard InChI is InChI=1S/C17H9Cl2F2N5/c18-14-7-23-17-12(5-9-3-1-2-4-10(9)20)24-13(8-26(14)17)16-22-6-11(21)15(19)25-16/h1-4,6-8H,5H2. The van der Waals surface area contributed by atoms with Gasteiger partial charge in [0.25, 0.3) is 0 Å². The molecule has 0 aliphatic carbocycles. The molecule has 4 rings (SSSR count). The summed E-state index contributed by atoms with van der Waals surface area (Å²) >= 11 is 11.9. The van der Waals surface area contributed by atoms with Gasteiger partial charge in [0, 0.05) is 12.6 Å². The molecule has 0 amide bonds. The van der Waals surface area contributed by atoms with Crippen LogP contribution in [-0.4, -0.2) is 24.3 Å². The number of hydrogen-bond donors (Lipinski definition) is 0. The highest BCUT2D eigenvalue weighted by atomic mass is 35.5. The summed E-state index contributed by atoms with van der Waals surface area (Å²) in [4.78, 5) is 16.5. The van der Waals surface area contributed by atoms with Gasteiger partial charge < -0.3 is 0 Å². The van der Waals surface area contributed by atoms with Crippen molar-refractivity contribution >= 4 is 28.8 Å². The van der Waals surface area contributed by atoms with Crippen LogP contribution in [0.1, 0.15) is 11.3 Å². The normalized spacial score (nSPS) is 11.2. The third-order valence-corrected chi connectivity index (χ3v) is 4.31. The van der Waals surface area contributed by atoms with Crippen molar-refractivity contribution in [3.05, 3.63) is 76.1 Å². The SMILES string of the molecule is Fc1ccccc1Cc1nc(-c2ncc(F)c(Cl)n2)cn2c(Cl)cnc12. The zero-order valence-electron chi connectivity index (χ0n) is 13.0. The topological polar surface area (TPSA) is 56.0 Å². The predicted molar refractivity (Wildman–Crippen MR) is 93.2 cm³/mol. The van der Waals surface area contributed by atoms with Crippen LogP contribution in [0.3, 0.4) is 0 Å². The van der Waals surface area contributed by atoms with Crippen LogP contribution in [0.4, 0.5) is 8.78 Å². The summed E-state index contributed by atoms with van der Waals surface area (Å²) in [6.07, 6.45) is 4.18. The Hall–Kier alpha value is -2.64. The smallest absolute Gasteiger partial charge is 0.181 e. The van der Waals surface area contributed by atoms with Gasteiger partial charge in [0.2, 0.25) is 0 Å². The first-order chi connectivity index (χ1) is 12.5. The molecule has 9 heteroatoms. The van der Waals surface area contributed by atoms with Gasteiger partial charge in [0.1, 0.15) is 16.7 Å². The second-order valence-electron chi connectivity index (χ2n) is 5.45. The first kappa shape index (κ1) is 16.8. The van der Waals surface area contributed by atoms with Crippen molar-refractivity contribution in [2.45, 2.75) is 6.42 Å². The van der Waals surface area contributed by atoms with E-state index >= 15 is 0 Å². The Labute approximate surface area is 156 Å². The van der Waals surface area contributed by atoms with E-state index in [4.69, 9.17) is 23.2 Å². The van der Waals surface area contributed by atoms with E-state index in [0.717, 1.165) is 6.20 Å². The van der Waals surface area contributed by atoms with Gasteiger partial charge in [-0.15, -0.1) is 0 Å². The molecule has 0 spiro atoms. The lowest BCUT2D eigenvalue weighted by Crippen LogP contribution is -2.04. The molecule has 0 radical (unpaired) electrons. The van der Waals surface area contributed by atoms with E-state index in [2.05, 4.69) is 19.9 Å². The van der Waals surface area contributed by atoms with Crippen LogP contribution in [0.25, 0.3) is 17.2 Å². The molecule has 3 heterocycles. The largest absolute Gasteiger partial charge is 0.287 e. The molecule has 4 aromatic rings. The van der Waals surface area contributed by atoms with Crippen molar-refractivity contribution < 1.29 is 8.78 Å². The summed E-state index contributed by atoms with van der Waals surface area (Å²) < 4.78 is 29.0. The summed E-state index contributed by atoms with van der Waals surface area (Å²) in [6.45, 7) is 0. The molecular formula is C17H9Cl2F2N5. The van der Waals surface area contributed by atoms with Gasteiger partial charge in [-0.05, 0) is 11.6 Å². The minimum absolute atomic E-state index is 0.123. The summed E-state index contributed by atoms with van der Waals surface area (Å²) in [5.41, 5.74) is 1.72. The summed E-state index contributed by atoms with van der Waals surface area (Å²) in [5.74, 6) is -0.960. The lowest BCUT2D eigenvalue weighted by atomic mass is 10.1. The highest BCUT2D eigenvalue weighted by Gasteiger charge is 2.16.